The molecule has 1 aromatic carbocycles. The van der Waals surface area contributed by atoms with Crippen LogP contribution in [0.1, 0.15) is 38.7 Å². The van der Waals surface area contributed by atoms with Crippen LogP contribution in [0.2, 0.25) is 5.02 Å². The molecule has 0 aliphatic heterocycles. The lowest BCUT2D eigenvalue weighted by molar-refractivity contribution is 0.163. The summed E-state index contributed by atoms with van der Waals surface area (Å²) in [5, 5.41) is 0.850. The average molecular weight is 252 g/mol. The molecule has 0 spiro atoms. The highest BCUT2D eigenvalue weighted by Gasteiger charge is 2.36. The number of hydrogen-bond acceptors (Lipinski definition) is 1. The third-order valence-corrected chi connectivity index (χ3v) is 4.69. The van der Waals surface area contributed by atoms with Gasteiger partial charge in [0.15, 0.2) is 0 Å². The van der Waals surface area contributed by atoms with E-state index in [1.165, 1.54) is 18.4 Å². The van der Waals surface area contributed by atoms with Gasteiger partial charge in [-0.3, -0.25) is 0 Å². The van der Waals surface area contributed by atoms with Crippen LogP contribution in [0, 0.1) is 11.8 Å². The second kappa shape index (κ2) is 4.99. The molecule has 1 saturated carbocycles. The van der Waals surface area contributed by atoms with Gasteiger partial charge in [-0.25, -0.2) is 0 Å². The number of hydrogen-bond donors (Lipinski definition) is 1. The van der Waals surface area contributed by atoms with E-state index >= 15 is 0 Å². The Morgan fingerprint density at radius 1 is 1.35 bits per heavy atom. The van der Waals surface area contributed by atoms with E-state index in [2.05, 4.69) is 19.9 Å². The molecule has 0 heterocycles. The molecule has 3 unspecified atom stereocenters. The summed E-state index contributed by atoms with van der Waals surface area (Å²) in [5.41, 5.74) is 7.73. The molecule has 1 fully saturated rings. The molecule has 17 heavy (non-hydrogen) atoms. The molecule has 0 bridgehead atoms. The molecule has 1 nitrogen and oxygen atoms in total. The SMILES string of the molecule is CC1CCC(N)(Cc2ccccc2Cl)C(C)C1. The lowest BCUT2D eigenvalue weighted by Crippen LogP contribution is -2.51. The highest BCUT2D eigenvalue weighted by Crippen LogP contribution is 2.38. The van der Waals surface area contributed by atoms with Gasteiger partial charge >= 0.3 is 0 Å². The highest BCUT2D eigenvalue weighted by atomic mass is 35.5. The fourth-order valence-corrected chi connectivity index (χ4v) is 3.18. The minimum absolute atomic E-state index is 0.0719. The van der Waals surface area contributed by atoms with Gasteiger partial charge in [0.2, 0.25) is 0 Å². The van der Waals surface area contributed by atoms with Crippen LogP contribution in [0.3, 0.4) is 0 Å². The van der Waals surface area contributed by atoms with Gasteiger partial charge in [0.05, 0.1) is 0 Å². The Bertz CT molecular complexity index is 390. The fraction of sp³-hybridized carbons (Fsp3) is 0.600. The number of nitrogens with two attached hydrogens (primary N) is 1. The maximum atomic E-state index is 6.61. The predicted octanol–water partition coefficient (Wildman–Crippen LogP) is 4.04. The van der Waals surface area contributed by atoms with Gasteiger partial charge in [0, 0.05) is 10.6 Å². The molecule has 94 valence electrons. The minimum atomic E-state index is -0.0719. The molecule has 0 radical (unpaired) electrons. The van der Waals surface area contributed by atoms with E-state index in [0.29, 0.717) is 5.92 Å². The maximum absolute atomic E-state index is 6.61. The lowest BCUT2D eigenvalue weighted by Gasteiger charge is -2.42. The molecule has 2 N–H and O–H groups in total. The van der Waals surface area contributed by atoms with Gasteiger partial charge in [-0.1, -0.05) is 43.6 Å². The maximum Gasteiger partial charge on any atom is 0.0438 e. The van der Waals surface area contributed by atoms with Crippen LogP contribution in [0.25, 0.3) is 0 Å². The predicted molar refractivity (Wildman–Crippen MR) is 74.3 cm³/mol. The molecular weight excluding hydrogens is 230 g/mol. The van der Waals surface area contributed by atoms with E-state index in [1.54, 1.807) is 0 Å². The van der Waals surface area contributed by atoms with Crippen molar-refractivity contribution in [1.29, 1.82) is 0 Å². The Morgan fingerprint density at radius 2 is 2.06 bits per heavy atom. The molecule has 2 heteroatoms. The minimum Gasteiger partial charge on any atom is -0.325 e. The smallest absolute Gasteiger partial charge is 0.0438 e. The summed E-state index contributed by atoms with van der Waals surface area (Å²) in [5.74, 6) is 1.38. The first kappa shape index (κ1) is 12.9. The van der Waals surface area contributed by atoms with Gasteiger partial charge in [-0.15, -0.1) is 0 Å². The average Bonchev–Trinajstić information content (AvgIpc) is 2.28. The van der Waals surface area contributed by atoms with E-state index < -0.39 is 0 Å². The molecule has 0 saturated heterocycles. The second-order valence-corrected chi connectivity index (χ2v) is 6.19. The quantitative estimate of drug-likeness (QED) is 0.844. The van der Waals surface area contributed by atoms with Crippen LogP contribution >= 0.6 is 11.6 Å². The van der Waals surface area contributed by atoms with E-state index in [-0.39, 0.29) is 5.54 Å². The van der Waals surface area contributed by atoms with Crippen LogP contribution in [0.4, 0.5) is 0 Å². The van der Waals surface area contributed by atoms with Gasteiger partial charge in [0.25, 0.3) is 0 Å². The number of rotatable bonds is 2. The van der Waals surface area contributed by atoms with Crippen LogP contribution in [0.15, 0.2) is 24.3 Å². The number of halogens is 1. The van der Waals surface area contributed by atoms with Crippen LogP contribution in [-0.2, 0) is 6.42 Å². The Balaban J connectivity index is 2.15. The van der Waals surface area contributed by atoms with Crippen molar-refractivity contribution in [2.45, 2.75) is 45.1 Å². The van der Waals surface area contributed by atoms with Crippen molar-refractivity contribution in [1.82, 2.24) is 0 Å². The topological polar surface area (TPSA) is 26.0 Å². The molecular formula is C15H22ClN. The fourth-order valence-electron chi connectivity index (χ4n) is 2.98. The van der Waals surface area contributed by atoms with Crippen LogP contribution < -0.4 is 5.73 Å². The molecule has 3 atom stereocenters. The Labute approximate surface area is 109 Å². The van der Waals surface area contributed by atoms with E-state index in [1.807, 2.05) is 18.2 Å². The summed E-state index contributed by atoms with van der Waals surface area (Å²) in [6.45, 7) is 4.61. The van der Waals surface area contributed by atoms with Crippen molar-refractivity contribution in [3.05, 3.63) is 34.9 Å². The van der Waals surface area contributed by atoms with Gasteiger partial charge in [-0.05, 0) is 49.1 Å². The monoisotopic (exact) mass is 251 g/mol. The Kier molecular flexibility index (Phi) is 3.79. The largest absolute Gasteiger partial charge is 0.325 e. The summed E-state index contributed by atoms with van der Waals surface area (Å²) in [7, 11) is 0. The van der Waals surface area contributed by atoms with E-state index in [9.17, 15) is 0 Å². The van der Waals surface area contributed by atoms with Crippen molar-refractivity contribution in [3.8, 4) is 0 Å². The van der Waals surface area contributed by atoms with Crippen molar-refractivity contribution >= 4 is 11.6 Å². The third kappa shape index (κ3) is 2.83. The Morgan fingerprint density at radius 3 is 2.71 bits per heavy atom. The molecule has 1 aliphatic rings. The zero-order valence-corrected chi connectivity index (χ0v) is 11.5. The summed E-state index contributed by atoms with van der Waals surface area (Å²) < 4.78 is 0. The molecule has 0 amide bonds. The molecule has 1 aliphatic carbocycles. The molecule has 2 rings (SSSR count). The molecule has 0 aromatic heterocycles. The van der Waals surface area contributed by atoms with E-state index in [4.69, 9.17) is 17.3 Å². The highest BCUT2D eigenvalue weighted by molar-refractivity contribution is 6.31. The summed E-state index contributed by atoms with van der Waals surface area (Å²) in [4.78, 5) is 0. The van der Waals surface area contributed by atoms with Crippen molar-refractivity contribution < 1.29 is 0 Å². The van der Waals surface area contributed by atoms with E-state index in [0.717, 1.165) is 23.8 Å². The first-order valence-corrected chi connectivity index (χ1v) is 6.91. The van der Waals surface area contributed by atoms with Crippen molar-refractivity contribution in [3.63, 3.8) is 0 Å². The first-order chi connectivity index (χ1) is 8.01. The first-order valence-electron chi connectivity index (χ1n) is 6.53. The Hall–Kier alpha value is -0.530. The normalized spacial score (nSPS) is 33.6. The zero-order chi connectivity index (χ0) is 12.5. The van der Waals surface area contributed by atoms with Crippen molar-refractivity contribution in [2.24, 2.45) is 17.6 Å². The summed E-state index contributed by atoms with van der Waals surface area (Å²) >= 11 is 6.23. The molecule has 1 aromatic rings. The second-order valence-electron chi connectivity index (χ2n) is 5.78. The number of benzene rings is 1. The summed E-state index contributed by atoms with van der Waals surface area (Å²) in [6.07, 6.45) is 4.49. The third-order valence-electron chi connectivity index (χ3n) is 4.32. The van der Waals surface area contributed by atoms with Crippen LogP contribution in [0.5, 0.6) is 0 Å². The van der Waals surface area contributed by atoms with Gasteiger partial charge in [0.1, 0.15) is 0 Å². The lowest BCUT2D eigenvalue weighted by atomic mass is 9.68. The van der Waals surface area contributed by atoms with Crippen LogP contribution in [-0.4, -0.2) is 5.54 Å². The standard InChI is InChI=1S/C15H22ClN/c1-11-7-8-15(17,12(2)9-11)10-13-5-3-4-6-14(13)16/h3-6,11-12H,7-10,17H2,1-2H3. The summed E-state index contributed by atoms with van der Waals surface area (Å²) in [6, 6.07) is 8.07. The van der Waals surface area contributed by atoms with Crippen molar-refractivity contribution in [2.75, 3.05) is 0 Å². The zero-order valence-electron chi connectivity index (χ0n) is 10.7. The van der Waals surface area contributed by atoms with Gasteiger partial charge in [-0.2, -0.15) is 0 Å². The van der Waals surface area contributed by atoms with Gasteiger partial charge < -0.3 is 5.73 Å².